The van der Waals surface area contributed by atoms with Crippen LogP contribution in [0.25, 0.3) is 0 Å². The van der Waals surface area contributed by atoms with Gasteiger partial charge < -0.3 is 15.5 Å². The summed E-state index contributed by atoms with van der Waals surface area (Å²) >= 11 is 0. The lowest BCUT2D eigenvalue weighted by Gasteiger charge is -2.19. The van der Waals surface area contributed by atoms with E-state index in [0.29, 0.717) is 6.42 Å². The summed E-state index contributed by atoms with van der Waals surface area (Å²) in [6.45, 7) is 4.20. The zero-order valence-electron chi connectivity index (χ0n) is 49.8. The van der Waals surface area contributed by atoms with Crippen LogP contribution in [-0.4, -0.2) is 34.9 Å². The molecule has 4 nitrogen and oxygen atoms in total. The van der Waals surface area contributed by atoms with Crippen LogP contribution in [0.4, 0.5) is 0 Å². The molecule has 2 atom stereocenters. The van der Waals surface area contributed by atoms with E-state index in [-0.39, 0.29) is 12.5 Å². The first-order valence-electron chi connectivity index (χ1n) is 32.6. The number of rotatable bonds is 59. The van der Waals surface area contributed by atoms with Crippen LogP contribution in [0.15, 0.2) is 109 Å². The van der Waals surface area contributed by atoms with Crippen molar-refractivity contribution in [3.63, 3.8) is 0 Å². The predicted molar refractivity (Wildman–Crippen MR) is 336 cm³/mol. The van der Waals surface area contributed by atoms with Crippen molar-refractivity contribution < 1.29 is 15.0 Å². The number of unbranched alkanes of at least 4 members (excludes halogenated alkanes) is 36. The summed E-state index contributed by atoms with van der Waals surface area (Å²) in [6.07, 6.45) is 98.6. The smallest absolute Gasteiger partial charge is 0.220 e. The SMILES string of the molecule is CC/C=C\C/C=C\C/C=C\C/C=C\C/C=C\C/C=C\C/C=C\CCCCCCCCCCCCCCCCCCCCCC(=O)NC(CO)C(O)/C=C/CC/C=C/CCCCCCCCCCCCCCCCCC. The summed E-state index contributed by atoms with van der Waals surface area (Å²) in [5.74, 6) is -0.0719. The Balaban J connectivity index is 3.50. The van der Waals surface area contributed by atoms with Gasteiger partial charge in [0, 0.05) is 6.42 Å². The molecule has 0 radical (unpaired) electrons. The van der Waals surface area contributed by atoms with Gasteiger partial charge in [0.15, 0.2) is 0 Å². The molecule has 0 rings (SSSR count). The fourth-order valence-electron chi connectivity index (χ4n) is 9.59. The van der Waals surface area contributed by atoms with Crippen LogP contribution >= 0.6 is 0 Å². The van der Waals surface area contributed by atoms with E-state index < -0.39 is 12.1 Å². The molecule has 0 spiro atoms. The molecule has 75 heavy (non-hydrogen) atoms. The van der Waals surface area contributed by atoms with E-state index in [1.807, 2.05) is 6.08 Å². The van der Waals surface area contributed by atoms with Crippen LogP contribution < -0.4 is 5.32 Å². The van der Waals surface area contributed by atoms with Crippen molar-refractivity contribution in [2.45, 2.75) is 328 Å². The third-order valence-electron chi connectivity index (χ3n) is 14.5. The number of hydrogen-bond donors (Lipinski definition) is 3. The second-order valence-corrected chi connectivity index (χ2v) is 21.8. The second kappa shape index (κ2) is 65.3. The minimum Gasteiger partial charge on any atom is -0.394 e. The highest BCUT2D eigenvalue weighted by Gasteiger charge is 2.18. The number of carbonyl (C=O) groups excluding carboxylic acids is 1. The molecule has 4 heteroatoms. The Hall–Kier alpha value is -2.95. The number of nitrogens with one attached hydrogen (secondary N) is 1. The van der Waals surface area contributed by atoms with E-state index in [1.54, 1.807) is 6.08 Å². The fraction of sp³-hybridized carbons (Fsp3) is 0.732. The Labute approximate surface area is 467 Å². The van der Waals surface area contributed by atoms with Crippen molar-refractivity contribution >= 4 is 5.91 Å². The zero-order valence-corrected chi connectivity index (χ0v) is 49.8. The Morgan fingerprint density at radius 3 is 0.933 bits per heavy atom. The lowest BCUT2D eigenvalue weighted by atomic mass is 10.0. The van der Waals surface area contributed by atoms with Gasteiger partial charge in [0.1, 0.15) is 0 Å². The highest BCUT2D eigenvalue weighted by Crippen LogP contribution is 2.17. The first-order valence-corrected chi connectivity index (χ1v) is 32.6. The molecular formula is C71H125NO3. The molecule has 0 aromatic rings. The van der Waals surface area contributed by atoms with Gasteiger partial charge in [0.05, 0.1) is 18.8 Å². The average Bonchev–Trinajstić information content (AvgIpc) is 3.41. The maximum Gasteiger partial charge on any atom is 0.220 e. The highest BCUT2D eigenvalue weighted by atomic mass is 16.3. The highest BCUT2D eigenvalue weighted by molar-refractivity contribution is 5.76. The summed E-state index contributed by atoms with van der Waals surface area (Å²) in [6, 6.07) is -0.644. The molecule has 0 aromatic heterocycles. The van der Waals surface area contributed by atoms with Gasteiger partial charge in [0.2, 0.25) is 5.91 Å². The van der Waals surface area contributed by atoms with E-state index >= 15 is 0 Å². The standard InChI is InChI=1S/C71H125NO3/c1-3-5-7-9-11-13-15-17-19-21-23-25-27-28-29-30-31-32-33-34-35-36-37-38-39-40-41-42-43-44-45-47-49-51-53-55-57-59-61-63-65-67-71(75)72-69(68-73)70(74)66-64-62-60-58-56-54-52-50-48-46-26-24-22-20-18-16-14-12-10-8-6-4-2/h5,7,11,13,17,19,23,25,28-29,31-32,34-35,56,58,64,66,69-70,73-74H,3-4,6,8-10,12,14-16,18,20-22,24,26-27,30,33,36-55,57,59-63,65,67-68H2,1-2H3,(H,72,75)/b7-5-,13-11-,19-17-,25-23-,29-28-,32-31-,35-34-,58-56+,66-64+. The van der Waals surface area contributed by atoms with Gasteiger partial charge >= 0.3 is 0 Å². The van der Waals surface area contributed by atoms with E-state index in [0.717, 1.165) is 77.0 Å². The fourth-order valence-corrected chi connectivity index (χ4v) is 9.59. The monoisotopic (exact) mass is 1040 g/mol. The molecule has 1 amide bonds. The van der Waals surface area contributed by atoms with Gasteiger partial charge in [-0.3, -0.25) is 4.79 Å². The van der Waals surface area contributed by atoms with Crippen molar-refractivity contribution in [2.75, 3.05) is 6.61 Å². The molecule has 3 N–H and O–H groups in total. The molecule has 0 fully saturated rings. The maximum atomic E-state index is 12.5. The van der Waals surface area contributed by atoms with Crippen LogP contribution in [0.2, 0.25) is 0 Å². The molecule has 0 saturated heterocycles. The van der Waals surface area contributed by atoms with E-state index in [4.69, 9.17) is 0 Å². The number of allylic oxidation sites excluding steroid dienone is 17. The van der Waals surface area contributed by atoms with E-state index in [1.165, 1.54) is 218 Å². The zero-order chi connectivity index (χ0) is 54.1. The van der Waals surface area contributed by atoms with Gasteiger partial charge in [-0.05, 0) is 89.9 Å². The first kappa shape index (κ1) is 72.0. The third kappa shape index (κ3) is 61.8. The van der Waals surface area contributed by atoms with Crippen LogP contribution in [0.3, 0.4) is 0 Å². The Kier molecular flexibility index (Phi) is 62.8. The molecule has 2 unspecified atom stereocenters. The van der Waals surface area contributed by atoms with Crippen LogP contribution in [0, 0.1) is 0 Å². The lowest BCUT2D eigenvalue weighted by Crippen LogP contribution is -2.45. The normalized spacial score (nSPS) is 13.5. The third-order valence-corrected chi connectivity index (χ3v) is 14.5. The molecule has 0 aliphatic carbocycles. The van der Waals surface area contributed by atoms with Crippen LogP contribution in [0.1, 0.15) is 316 Å². The van der Waals surface area contributed by atoms with Crippen molar-refractivity contribution in [1.29, 1.82) is 0 Å². The summed E-state index contributed by atoms with van der Waals surface area (Å²) in [5.41, 5.74) is 0. The Morgan fingerprint density at radius 2 is 0.600 bits per heavy atom. The molecule has 0 aliphatic rings. The van der Waals surface area contributed by atoms with Gasteiger partial charge in [0.25, 0.3) is 0 Å². The Morgan fingerprint density at radius 1 is 0.333 bits per heavy atom. The summed E-state index contributed by atoms with van der Waals surface area (Å²) < 4.78 is 0. The molecule has 0 saturated carbocycles. The van der Waals surface area contributed by atoms with Crippen LogP contribution in [0.5, 0.6) is 0 Å². The molecule has 0 bridgehead atoms. The van der Waals surface area contributed by atoms with E-state index in [2.05, 4.69) is 116 Å². The number of aliphatic hydroxyl groups excluding tert-OH is 2. The van der Waals surface area contributed by atoms with Crippen molar-refractivity contribution in [1.82, 2.24) is 5.32 Å². The second-order valence-electron chi connectivity index (χ2n) is 21.8. The Bertz CT molecular complexity index is 1410. The van der Waals surface area contributed by atoms with Gasteiger partial charge in [-0.1, -0.05) is 329 Å². The van der Waals surface area contributed by atoms with Crippen LogP contribution in [-0.2, 0) is 4.79 Å². The number of hydrogen-bond acceptors (Lipinski definition) is 3. The first-order chi connectivity index (χ1) is 37.2. The van der Waals surface area contributed by atoms with Gasteiger partial charge in [-0.2, -0.15) is 0 Å². The van der Waals surface area contributed by atoms with Gasteiger partial charge in [-0.25, -0.2) is 0 Å². The molecule has 0 aromatic carbocycles. The molecular weight excluding hydrogens is 915 g/mol. The largest absolute Gasteiger partial charge is 0.394 e. The maximum absolute atomic E-state index is 12.5. The van der Waals surface area contributed by atoms with E-state index in [9.17, 15) is 15.0 Å². The van der Waals surface area contributed by atoms with Crippen molar-refractivity contribution in [3.05, 3.63) is 109 Å². The van der Waals surface area contributed by atoms with Crippen molar-refractivity contribution in [3.8, 4) is 0 Å². The molecule has 0 aliphatic heterocycles. The van der Waals surface area contributed by atoms with Crippen molar-refractivity contribution in [2.24, 2.45) is 0 Å². The number of aliphatic hydroxyl groups is 2. The predicted octanol–water partition coefficient (Wildman–Crippen LogP) is 22.2. The lowest BCUT2D eigenvalue weighted by molar-refractivity contribution is -0.123. The minimum atomic E-state index is -0.867. The summed E-state index contributed by atoms with van der Waals surface area (Å²) in [7, 11) is 0. The van der Waals surface area contributed by atoms with Gasteiger partial charge in [-0.15, -0.1) is 0 Å². The number of amides is 1. The molecule has 432 valence electrons. The topological polar surface area (TPSA) is 69.6 Å². The average molecular weight is 1040 g/mol. The molecule has 0 heterocycles. The summed E-state index contributed by atoms with van der Waals surface area (Å²) in [4.78, 5) is 12.5. The quantitative estimate of drug-likeness (QED) is 0.0420. The number of carbonyl (C=O) groups is 1. The minimum absolute atomic E-state index is 0.0719. The summed E-state index contributed by atoms with van der Waals surface area (Å²) in [5, 5.41) is 23.2.